The molecular weight excluding hydrogens is 212 g/mol. The van der Waals surface area contributed by atoms with Crippen molar-refractivity contribution >= 4 is 27.1 Å². The molecule has 0 unspecified atom stereocenters. The lowest BCUT2D eigenvalue weighted by Gasteiger charge is -1.88. The van der Waals surface area contributed by atoms with Crippen molar-refractivity contribution in [2.45, 2.75) is 10.8 Å². The molecule has 0 aliphatic rings. The summed E-state index contributed by atoms with van der Waals surface area (Å²) in [6.07, 6.45) is 2.46. The van der Waals surface area contributed by atoms with Crippen LogP contribution >= 0.6 is 11.3 Å². The normalized spacial score (nSPS) is 11.5. The minimum atomic E-state index is -3.26. The molecule has 13 heavy (non-hydrogen) atoms. The number of rotatable bonds is 3. The molecular formula is C6H8N2O3S2. The van der Waals surface area contributed by atoms with Crippen LogP contribution in [-0.4, -0.2) is 25.6 Å². The molecule has 0 aromatic carbocycles. The van der Waals surface area contributed by atoms with Crippen molar-refractivity contribution in [3.05, 3.63) is 11.1 Å². The number of amides is 1. The van der Waals surface area contributed by atoms with Gasteiger partial charge in [-0.15, -0.1) is 11.3 Å². The van der Waals surface area contributed by atoms with Gasteiger partial charge in [-0.2, -0.15) is 0 Å². The van der Waals surface area contributed by atoms with Gasteiger partial charge in [0.15, 0.2) is 0 Å². The summed E-state index contributed by atoms with van der Waals surface area (Å²) >= 11 is 0.968. The highest BCUT2D eigenvalue weighted by molar-refractivity contribution is 7.92. The van der Waals surface area contributed by atoms with Crippen LogP contribution in [0.1, 0.15) is 4.88 Å². The van der Waals surface area contributed by atoms with Crippen LogP contribution in [0.3, 0.4) is 0 Å². The van der Waals surface area contributed by atoms with E-state index in [1.54, 1.807) is 0 Å². The number of hydrogen-bond acceptors (Lipinski definition) is 5. The monoisotopic (exact) mass is 220 g/mol. The standard InChI is InChI=1S/C6H8N2O3S2/c1-13(10,11)6-8-3-4(12-6)2-5(7)9/h3H,2H2,1H3,(H2,7,9). The van der Waals surface area contributed by atoms with Gasteiger partial charge in [0.1, 0.15) is 0 Å². The van der Waals surface area contributed by atoms with Crippen LogP contribution in [0.2, 0.25) is 0 Å². The molecule has 0 bridgehead atoms. The molecule has 1 rings (SSSR count). The lowest BCUT2D eigenvalue weighted by Crippen LogP contribution is -2.12. The van der Waals surface area contributed by atoms with Gasteiger partial charge in [0.05, 0.1) is 6.42 Å². The summed E-state index contributed by atoms with van der Waals surface area (Å²) in [5.74, 6) is -0.497. The Bertz CT molecular complexity index is 421. The van der Waals surface area contributed by atoms with Crippen molar-refractivity contribution in [1.82, 2.24) is 4.98 Å². The summed E-state index contributed by atoms with van der Waals surface area (Å²) < 4.78 is 21.9. The Labute approximate surface area is 79.5 Å². The Kier molecular flexibility index (Phi) is 2.67. The van der Waals surface area contributed by atoms with E-state index in [1.807, 2.05) is 0 Å². The van der Waals surface area contributed by atoms with Gasteiger partial charge in [-0.25, -0.2) is 13.4 Å². The molecule has 0 spiro atoms. The molecule has 0 aliphatic carbocycles. The van der Waals surface area contributed by atoms with E-state index in [0.717, 1.165) is 17.6 Å². The molecule has 0 aliphatic heterocycles. The van der Waals surface area contributed by atoms with Crippen LogP contribution in [0.4, 0.5) is 0 Å². The maximum absolute atomic E-state index is 11.0. The first-order chi connectivity index (χ1) is 5.89. The Morgan fingerprint density at radius 2 is 2.31 bits per heavy atom. The molecule has 1 aromatic heterocycles. The van der Waals surface area contributed by atoms with Crippen molar-refractivity contribution in [1.29, 1.82) is 0 Å². The second kappa shape index (κ2) is 3.43. The van der Waals surface area contributed by atoms with Crippen molar-refractivity contribution in [2.75, 3.05) is 6.26 Å². The second-order valence-electron chi connectivity index (χ2n) is 2.51. The van der Waals surface area contributed by atoms with E-state index in [-0.39, 0.29) is 10.8 Å². The van der Waals surface area contributed by atoms with Gasteiger partial charge >= 0.3 is 0 Å². The van der Waals surface area contributed by atoms with E-state index in [9.17, 15) is 13.2 Å². The van der Waals surface area contributed by atoms with Crippen molar-refractivity contribution < 1.29 is 13.2 Å². The number of thiazole rings is 1. The summed E-state index contributed by atoms with van der Waals surface area (Å²) in [5, 5.41) is 0. The molecule has 2 N–H and O–H groups in total. The van der Waals surface area contributed by atoms with E-state index in [1.165, 1.54) is 6.20 Å². The number of carbonyl (C=O) groups is 1. The largest absolute Gasteiger partial charge is 0.369 e. The smallest absolute Gasteiger partial charge is 0.222 e. The predicted octanol–water partition coefficient (Wildman–Crippen LogP) is -0.426. The summed E-state index contributed by atoms with van der Waals surface area (Å²) in [4.78, 5) is 14.7. The molecule has 7 heteroatoms. The quantitative estimate of drug-likeness (QED) is 0.748. The zero-order chi connectivity index (χ0) is 10.1. The van der Waals surface area contributed by atoms with Crippen LogP contribution in [0, 0.1) is 0 Å². The van der Waals surface area contributed by atoms with Crippen LogP contribution in [0.15, 0.2) is 10.5 Å². The summed E-state index contributed by atoms with van der Waals surface area (Å²) in [6, 6.07) is 0. The van der Waals surface area contributed by atoms with Crippen LogP contribution in [-0.2, 0) is 21.1 Å². The molecule has 0 saturated carbocycles. The Morgan fingerprint density at radius 1 is 1.69 bits per heavy atom. The Hall–Kier alpha value is -0.950. The zero-order valence-corrected chi connectivity index (χ0v) is 8.48. The van der Waals surface area contributed by atoms with Gasteiger partial charge in [-0.3, -0.25) is 4.79 Å². The second-order valence-corrected chi connectivity index (χ2v) is 5.81. The maximum atomic E-state index is 11.0. The van der Waals surface area contributed by atoms with Gasteiger partial charge in [-0.05, 0) is 0 Å². The fourth-order valence-electron chi connectivity index (χ4n) is 0.714. The highest BCUT2D eigenvalue weighted by atomic mass is 32.2. The average Bonchev–Trinajstić information content (AvgIpc) is 2.32. The molecule has 1 aromatic rings. The van der Waals surface area contributed by atoms with Gasteiger partial charge in [-0.1, -0.05) is 0 Å². The molecule has 0 radical (unpaired) electrons. The zero-order valence-electron chi connectivity index (χ0n) is 6.85. The van der Waals surface area contributed by atoms with Gasteiger partial charge < -0.3 is 5.73 Å². The molecule has 0 saturated heterocycles. The topological polar surface area (TPSA) is 90.1 Å². The average molecular weight is 220 g/mol. The Morgan fingerprint density at radius 3 is 2.69 bits per heavy atom. The van der Waals surface area contributed by atoms with Crippen molar-refractivity contribution in [3.63, 3.8) is 0 Å². The van der Waals surface area contributed by atoms with E-state index in [0.29, 0.717) is 4.88 Å². The van der Waals surface area contributed by atoms with E-state index in [4.69, 9.17) is 5.73 Å². The van der Waals surface area contributed by atoms with E-state index < -0.39 is 15.7 Å². The third-order valence-corrected chi connectivity index (χ3v) is 3.89. The van der Waals surface area contributed by atoms with Crippen LogP contribution in [0.5, 0.6) is 0 Å². The Balaban J connectivity index is 2.94. The van der Waals surface area contributed by atoms with Gasteiger partial charge in [0.2, 0.25) is 20.1 Å². The maximum Gasteiger partial charge on any atom is 0.222 e. The number of nitrogens with two attached hydrogens (primary N) is 1. The fourth-order valence-corrected chi connectivity index (χ4v) is 2.53. The van der Waals surface area contributed by atoms with E-state index >= 15 is 0 Å². The first-order valence-corrected chi connectivity index (χ1v) is 6.03. The highest BCUT2D eigenvalue weighted by Crippen LogP contribution is 2.17. The van der Waals surface area contributed by atoms with Gasteiger partial charge in [0.25, 0.3) is 0 Å². The molecule has 1 amide bonds. The molecule has 0 atom stereocenters. The highest BCUT2D eigenvalue weighted by Gasteiger charge is 2.13. The van der Waals surface area contributed by atoms with Crippen molar-refractivity contribution in [2.24, 2.45) is 5.73 Å². The SMILES string of the molecule is CS(=O)(=O)c1ncc(CC(N)=O)s1. The first-order valence-electron chi connectivity index (χ1n) is 3.32. The van der Waals surface area contributed by atoms with Crippen molar-refractivity contribution in [3.8, 4) is 0 Å². The number of sulfone groups is 1. The van der Waals surface area contributed by atoms with Crippen LogP contribution < -0.4 is 5.73 Å². The van der Waals surface area contributed by atoms with Crippen LogP contribution in [0.25, 0.3) is 0 Å². The fraction of sp³-hybridized carbons (Fsp3) is 0.333. The molecule has 5 nitrogen and oxygen atoms in total. The number of carbonyl (C=O) groups excluding carboxylic acids is 1. The van der Waals surface area contributed by atoms with Gasteiger partial charge in [0, 0.05) is 17.3 Å². The number of hydrogen-bond donors (Lipinski definition) is 1. The summed E-state index contributed by atoms with van der Waals surface area (Å²) in [6.45, 7) is 0. The first kappa shape index (κ1) is 10.1. The predicted molar refractivity (Wildman–Crippen MR) is 48.1 cm³/mol. The lowest BCUT2D eigenvalue weighted by atomic mass is 10.4. The minimum Gasteiger partial charge on any atom is -0.369 e. The minimum absolute atomic E-state index is 0.0174. The molecule has 72 valence electrons. The lowest BCUT2D eigenvalue weighted by molar-refractivity contribution is -0.117. The summed E-state index contributed by atoms with van der Waals surface area (Å²) in [5.41, 5.74) is 4.93. The summed E-state index contributed by atoms with van der Waals surface area (Å²) in [7, 11) is -3.26. The number of aromatic nitrogens is 1. The van der Waals surface area contributed by atoms with E-state index in [2.05, 4.69) is 4.98 Å². The third kappa shape index (κ3) is 2.78. The number of primary amides is 1. The number of nitrogens with zero attached hydrogens (tertiary/aromatic N) is 1. The molecule has 0 fully saturated rings. The third-order valence-electron chi connectivity index (χ3n) is 1.20. The molecule has 1 heterocycles.